The molecule has 12 heteroatoms. The highest BCUT2D eigenvalue weighted by atomic mass is 35.5. The van der Waals surface area contributed by atoms with Gasteiger partial charge < -0.3 is 10.4 Å². The third kappa shape index (κ3) is 3.28. The third-order valence-corrected chi connectivity index (χ3v) is 7.26. The Hall–Kier alpha value is -3.08. The van der Waals surface area contributed by atoms with Gasteiger partial charge in [0, 0.05) is 23.2 Å². The van der Waals surface area contributed by atoms with Crippen molar-refractivity contribution < 1.29 is 9.90 Å². The number of nitrogens with zero attached hydrogens (tertiary/aromatic N) is 7. The molecule has 2 aliphatic carbocycles. The molecule has 1 spiro atoms. The lowest BCUT2D eigenvalue weighted by atomic mass is 9.66. The van der Waals surface area contributed by atoms with Crippen molar-refractivity contribution in [3.05, 3.63) is 57.9 Å². The number of pyridine rings is 1. The van der Waals surface area contributed by atoms with Crippen LogP contribution in [0.1, 0.15) is 61.6 Å². The van der Waals surface area contributed by atoms with Crippen LogP contribution in [0.2, 0.25) is 10.2 Å². The van der Waals surface area contributed by atoms with E-state index in [0.717, 1.165) is 30.5 Å². The van der Waals surface area contributed by atoms with Crippen LogP contribution in [0.3, 0.4) is 0 Å². The van der Waals surface area contributed by atoms with E-state index in [1.165, 1.54) is 17.2 Å². The van der Waals surface area contributed by atoms with E-state index < -0.39 is 6.10 Å². The first-order valence-electron chi connectivity index (χ1n) is 11.0. The molecule has 1 fully saturated rings. The van der Waals surface area contributed by atoms with Crippen molar-refractivity contribution in [2.75, 3.05) is 5.32 Å². The summed E-state index contributed by atoms with van der Waals surface area (Å²) in [6.07, 6.45) is 7.81. The van der Waals surface area contributed by atoms with Gasteiger partial charge in [0.2, 0.25) is 5.91 Å². The maximum atomic E-state index is 13.4. The number of nitrogens with one attached hydrogen (secondary N) is 1. The Morgan fingerprint density at radius 2 is 2.03 bits per heavy atom. The van der Waals surface area contributed by atoms with E-state index >= 15 is 0 Å². The molecule has 4 heterocycles. The normalized spacial score (nSPS) is 19.2. The predicted molar refractivity (Wildman–Crippen MR) is 124 cm³/mol. The van der Waals surface area contributed by atoms with E-state index in [1.54, 1.807) is 29.8 Å². The minimum atomic E-state index is -0.757. The molecule has 0 saturated heterocycles. The van der Waals surface area contributed by atoms with Gasteiger partial charge in [-0.15, -0.1) is 9.90 Å². The number of fused-ring (bicyclic) bond motifs is 4. The van der Waals surface area contributed by atoms with E-state index in [4.69, 9.17) is 23.2 Å². The molecule has 174 valence electrons. The van der Waals surface area contributed by atoms with Gasteiger partial charge in [-0.05, 0) is 32.3 Å². The van der Waals surface area contributed by atoms with Gasteiger partial charge in [-0.3, -0.25) is 4.79 Å². The van der Waals surface area contributed by atoms with Gasteiger partial charge in [0.05, 0.1) is 40.8 Å². The zero-order chi connectivity index (χ0) is 23.6. The van der Waals surface area contributed by atoms with Crippen molar-refractivity contribution in [2.24, 2.45) is 0 Å². The third-order valence-electron chi connectivity index (χ3n) is 6.80. The van der Waals surface area contributed by atoms with Gasteiger partial charge in [-0.2, -0.15) is 10.2 Å². The summed E-state index contributed by atoms with van der Waals surface area (Å²) < 4.78 is 1.80. The van der Waals surface area contributed by atoms with Gasteiger partial charge >= 0.3 is 0 Å². The molecular formula is C22H20Cl2N8O2. The average molecular weight is 499 g/mol. The Balaban J connectivity index is 1.28. The monoisotopic (exact) mass is 498 g/mol. The van der Waals surface area contributed by atoms with Crippen molar-refractivity contribution in [3.8, 4) is 5.82 Å². The highest BCUT2D eigenvalue weighted by Gasteiger charge is 2.52. The zero-order valence-electron chi connectivity index (χ0n) is 18.1. The van der Waals surface area contributed by atoms with Gasteiger partial charge in [-0.25, -0.2) is 14.5 Å². The number of aliphatic hydroxyl groups excluding tert-OH is 1. The molecule has 6 rings (SSSR count). The summed E-state index contributed by atoms with van der Waals surface area (Å²) >= 11 is 12.6. The maximum absolute atomic E-state index is 13.4. The number of aromatic nitrogens is 7. The van der Waals surface area contributed by atoms with E-state index in [0.29, 0.717) is 34.4 Å². The number of halogens is 2. The summed E-state index contributed by atoms with van der Waals surface area (Å²) in [5.74, 6) is -0.216. The van der Waals surface area contributed by atoms with Crippen molar-refractivity contribution >= 4 is 40.4 Å². The number of aliphatic hydroxyl groups is 1. The molecule has 4 aromatic rings. The molecule has 0 aromatic carbocycles. The number of anilines is 1. The molecule has 34 heavy (non-hydrogen) atoms. The van der Waals surface area contributed by atoms with Crippen LogP contribution in [-0.2, 0) is 10.2 Å². The Morgan fingerprint density at radius 3 is 2.71 bits per heavy atom. The van der Waals surface area contributed by atoms with Crippen molar-refractivity contribution in [1.29, 1.82) is 0 Å². The zero-order valence-corrected chi connectivity index (χ0v) is 19.6. The molecule has 4 aromatic heterocycles. The first kappa shape index (κ1) is 21.5. The summed E-state index contributed by atoms with van der Waals surface area (Å²) in [7, 11) is 0. The molecule has 0 bridgehead atoms. The van der Waals surface area contributed by atoms with Crippen LogP contribution in [-0.4, -0.2) is 45.6 Å². The minimum Gasteiger partial charge on any atom is -0.387 e. The van der Waals surface area contributed by atoms with Crippen LogP contribution >= 0.6 is 23.2 Å². The van der Waals surface area contributed by atoms with Crippen LogP contribution < -0.4 is 5.32 Å². The Labute approximate surface area is 203 Å². The first-order chi connectivity index (χ1) is 16.3. The lowest BCUT2D eigenvalue weighted by Gasteiger charge is -2.39. The summed E-state index contributed by atoms with van der Waals surface area (Å²) in [4.78, 5) is 23.4. The molecule has 1 amide bonds. The molecule has 1 unspecified atom stereocenters. The van der Waals surface area contributed by atoms with Crippen LogP contribution in [0.25, 0.3) is 11.5 Å². The van der Waals surface area contributed by atoms with E-state index in [1.807, 2.05) is 0 Å². The molecule has 10 nitrogen and oxygen atoms in total. The van der Waals surface area contributed by atoms with Gasteiger partial charge in [0.25, 0.3) is 0 Å². The van der Waals surface area contributed by atoms with Crippen LogP contribution in [0.4, 0.5) is 5.69 Å². The lowest BCUT2D eigenvalue weighted by molar-refractivity contribution is -0.117. The number of carbonyl (C=O) groups is 1. The molecular weight excluding hydrogens is 479 g/mol. The standard InChI is InChI=1S/C22H20Cl2N8O2/c1-11(33)16-10-27-32(29-16)20-15(23)5-12(8-26-20)28-21(34)13-7-22(3-2-4-22)19-14(13)9-25-18-6-17(24)30-31(18)19/h5-6,8-11,13,33H,2-4,7H2,1H3,(H,28,34)/t11-,13?/m1/s1. The van der Waals surface area contributed by atoms with Gasteiger partial charge in [-0.1, -0.05) is 29.6 Å². The predicted octanol–water partition coefficient (Wildman–Crippen LogP) is 3.61. The molecule has 2 atom stereocenters. The Kier molecular flexibility index (Phi) is 4.87. The lowest BCUT2D eigenvalue weighted by Crippen LogP contribution is -2.34. The highest BCUT2D eigenvalue weighted by molar-refractivity contribution is 6.32. The van der Waals surface area contributed by atoms with Crippen LogP contribution in [0.15, 0.2) is 30.7 Å². The molecule has 0 aliphatic heterocycles. The van der Waals surface area contributed by atoms with E-state index in [-0.39, 0.29) is 22.3 Å². The number of carbonyl (C=O) groups excluding carboxylic acids is 1. The molecule has 2 N–H and O–H groups in total. The fourth-order valence-corrected chi connectivity index (χ4v) is 5.44. The number of rotatable bonds is 4. The minimum absolute atomic E-state index is 0.0824. The fourth-order valence-electron chi connectivity index (χ4n) is 5.02. The first-order valence-corrected chi connectivity index (χ1v) is 11.7. The maximum Gasteiger partial charge on any atom is 0.232 e. The number of hydrogen-bond donors (Lipinski definition) is 2. The van der Waals surface area contributed by atoms with Crippen molar-refractivity contribution in [3.63, 3.8) is 0 Å². The Bertz CT molecular complexity index is 1440. The number of amides is 1. The molecule has 0 radical (unpaired) electrons. The Morgan fingerprint density at radius 1 is 1.21 bits per heavy atom. The largest absolute Gasteiger partial charge is 0.387 e. The van der Waals surface area contributed by atoms with E-state index in [9.17, 15) is 9.90 Å². The van der Waals surface area contributed by atoms with Crippen LogP contribution in [0.5, 0.6) is 0 Å². The van der Waals surface area contributed by atoms with Crippen molar-refractivity contribution in [1.82, 2.24) is 34.6 Å². The summed E-state index contributed by atoms with van der Waals surface area (Å²) in [5.41, 5.74) is 3.40. The molecule has 2 aliphatic rings. The van der Waals surface area contributed by atoms with Crippen molar-refractivity contribution in [2.45, 2.75) is 50.0 Å². The van der Waals surface area contributed by atoms with Gasteiger partial charge in [0.15, 0.2) is 16.6 Å². The van der Waals surface area contributed by atoms with Gasteiger partial charge in [0.1, 0.15) is 5.69 Å². The van der Waals surface area contributed by atoms with E-state index in [2.05, 4.69) is 30.6 Å². The fraction of sp³-hybridized carbons (Fsp3) is 0.364. The SMILES string of the molecule is C[C@@H](O)c1cnn(-c2ncc(NC(=O)C3CC4(CCC4)c4c3cnc3cc(Cl)nn43)cc2Cl)n1. The summed E-state index contributed by atoms with van der Waals surface area (Å²) in [6.45, 7) is 1.60. The summed E-state index contributed by atoms with van der Waals surface area (Å²) in [5, 5.41) is 26.0. The second-order valence-corrected chi connectivity index (χ2v) is 9.74. The number of hydrogen-bond acceptors (Lipinski definition) is 7. The molecule has 1 saturated carbocycles. The smallest absolute Gasteiger partial charge is 0.232 e. The highest BCUT2D eigenvalue weighted by Crippen LogP contribution is 2.56. The topological polar surface area (TPSA) is 123 Å². The second-order valence-electron chi connectivity index (χ2n) is 8.94. The quantitative estimate of drug-likeness (QED) is 0.440. The van der Waals surface area contributed by atoms with Crippen LogP contribution in [0, 0.1) is 0 Å². The summed E-state index contributed by atoms with van der Waals surface area (Å²) in [6, 6.07) is 3.34. The average Bonchev–Trinajstić information content (AvgIpc) is 3.47. The second kappa shape index (κ2) is 7.72.